The number of rotatable bonds is 12. The Morgan fingerprint density at radius 1 is 1.23 bits per heavy atom. The molecule has 39 heavy (non-hydrogen) atoms. The number of carbonyl (C=O) groups excluding carboxylic acids is 1. The molecule has 11 heteroatoms. The first-order chi connectivity index (χ1) is 18.8. The van der Waals surface area contributed by atoms with Crippen LogP contribution in [0.4, 0.5) is 14.5 Å². The van der Waals surface area contributed by atoms with E-state index in [9.17, 15) is 18.8 Å². The number of nitrogens with zero attached hydrogens (tertiary/aromatic N) is 2. The topological polar surface area (TPSA) is 77.4 Å². The molecule has 6 nitrogen and oxygen atoms in total. The SMILES string of the molecule is COC1(C(=O)NSc2cc(Cl)c(NC(CCN3CC(F)C3)CSc3ccc(F)cc3)c(C#N)c2)CCCCC1. The summed E-state index contributed by atoms with van der Waals surface area (Å²) in [6.45, 7) is 1.58. The minimum atomic E-state index is -0.817. The first kappa shape index (κ1) is 29.9. The van der Waals surface area contributed by atoms with Gasteiger partial charge in [-0.1, -0.05) is 30.9 Å². The smallest absolute Gasteiger partial charge is 0.262 e. The highest BCUT2D eigenvalue weighted by Gasteiger charge is 2.39. The number of methoxy groups -OCH3 is 1. The highest BCUT2D eigenvalue weighted by molar-refractivity contribution is 7.99. The van der Waals surface area contributed by atoms with Gasteiger partial charge in [-0.2, -0.15) is 5.26 Å². The van der Waals surface area contributed by atoms with Crippen molar-refractivity contribution in [2.75, 3.05) is 37.8 Å². The number of amides is 1. The third-order valence-corrected chi connectivity index (χ3v) is 9.46. The third-order valence-electron chi connectivity index (χ3n) is 7.23. The maximum absolute atomic E-state index is 13.3. The van der Waals surface area contributed by atoms with E-state index in [1.165, 1.54) is 12.1 Å². The first-order valence-corrected chi connectivity index (χ1v) is 15.3. The van der Waals surface area contributed by atoms with E-state index in [-0.39, 0.29) is 17.8 Å². The molecule has 1 aliphatic heterocycles. The van der Waals surface area contributed by atoms with Crippen molar-refractivity contribution in [2.45, 2.75) is 66.1 Å². The Kier molecular flexibility index (Phi) is 10.8. The van der Waals surface area contributed by atoms with Crippen LogP contribution in [0.3, 0.4) is 0 Å². The number of nitrogens with one attached hydrogen (secondary N) is 2. The predicted octanol–water partition coefficient (Wildman–Crippen LogP) is 6.44. The summed E-state index contributed by atoms with van der Waals surface area (Å²) in [5, 5.41) is 13.7. The summed E-state index contributed by atoms with van der Waals surface area (Å²) in [6.07, 6.45) is 4.31. The molecule has 2 aromatic rings. The standard InChI is InChI=1S/C28H33ClF2N4O2S2/c1-37-28(10-3-2-4-11-28)27(36)34-39-24-13-19(15-32)26(25(29)14-24)33-22(9-12-35-16-21(31)17-35)18-38-23-7-5-20(30)6-8-23/h5-8,13-14,21-22,33H,2-4,9-12,16-18H2,1H3,(H,34,36). The fraction of sp³-hybridized carbons (Fsp3) is 0.500. The summed E-state index contributed by atoms with van der Waals surface area (Å²) < 4.78 is 35.1. The fourth-order valence-corrected chi connectivity index (χ4v) is 6.94. The summed E-state index contributed by atoms with van der Waals surface area (Å²) in [5.41, 5.74) is 0.0675. The Labute approximate surface area is 242 Å². The van der Waals surface area contributed by atoms with Crippen molar-refractivity contribution in [3.05, 3.63) is 52.8 Å². The van der Waals surface area contributed by atoms with Crippen molar-refractivity contribution in [3.63, 3.8) is 0 Å². The van der Waals surface area contributed by atoms with E-state index >= 15 is 0 Å². The Morgan fingerprint density at radius 3 is 2.59 bits per heavy atom. The number of nitriles is 1. The van der Waals surface area contributed by atoms with E-state index in [1.807, 2.05) is 0 Å². The number of anilines is 1. The number of carbonyl (C=O) groups is 1. The van der Waals surface area contributed by atoms with E-state index < -0.39 is 11.8 Å². The Morgan fingerprint density at radius 2 is 1.95 bits per heavy atom. The van der Waals surface area contributed by atoms with Gasteiger partial charge in [0.1, 0.15) is 23.7 Å². The van der Waals surface area contributed by atoms with Gasteiger partial charge in [0.15, 0.2) is 0 Å². The van der Waals surface area contributed by atoms with Crippen molar-refractivity contribution in [3.8, 4) is 6.07 Å². The second kappa shape index (κ2) is 14.0. The highest BCUT2D eigenvalue weighted by Crippen LogP contribution is 2.35. The summed E-state index contributed by atoms with van der Waals surface area (Å²) in [7, 11) is 1.57. The lowest BCUT2D eigenvalue weighted by Gasteiger charge is -2.35. The average Bonchev–Trinajstić information content (AvgIpc) is 2.93. The lowest BCUT2D eigenvalue weighted by molar-refractivity contribution is -0.145. The van der Waals surface area contributed by atoms with Crippen LogP contribution in [0.2, 0.25) is 5.02 Å². The first-order valence-electron chi connectivity index (χ1n) is 13.1. The van der Waals surface area contributed by atoms with Gasteiger partial charge in [0, 0.05) is 48.3 Å². The monoisotopic (exact) mass is 594 g/mol. The Bertz CT molecular complexity index is 1170. The number of hydrogen-bond acceptors (Lipinski definition) is 7. The van der Waals surface area contributed by atoms with Gasteiger partial charge in [0.05, 0.1) is 16.3 Å². The molecule has 0 spiro atoms. The van der Waals surface area contributed by atoms with Crippen molar-refractivity contribution >= 4 is 46.9 Å². The lowest BCUT2D eigenvalue weighted by Crippen LogP contribution is -2.49. The van der Waals surface area contributed by atoms with Crippen LogP contribution < -0.4 is 10.0 Å². The van der Waals surface area contributed by atoms with Crippen LogP contribution in [-0.4, -0.2) is 61.1 Å². The average molecular weight is 595 g/mol. The van der Waals surface area contributed by atoms with Gasteiger partial charge in [0.25, 0.3) is 5.91 Å². The molecular weight excluding hydrogens is 562 g/mol. The van der Waals surface area contributed by atoms with Gasteiger partial charge < -0.3 is 10.1 Å². The fourth-order valence-electron chi connectivity index (χ4n) is 4.88. The van der Waals surface area contributed by atoms with Crippen molar-refractivity contribution in [2.24, 2.45) is 0 Å². The quantitative estimate of drug-likeness (QED) is 0.216. The van der Waals surface area contributed by atoms with Gasteiger partial charge in [-0.05, 0) is 67.6 Å². The number of alkyl halides is 1. The van der Waals surface area contributed by atoms with Gasteiger partial charge in [-0.3, -0.25) is 14.4 Å². The van der Waals surface area contributed by atoms with E-state index in [2.05, 4.69) is 21.0 Å². The summed E-state index contributed by atoms with van der Waals surface area (Å²) in [5.74, 6) is 0.181. The molecule has 1 saturated carbocycles. The van der Waals surface area contributed by atoms with Gasteiger partial charge in [-0.25, -0.2) is 8.78 Å². The molecule has 2 fully saturated rings. The molecule has 2 aromatic carbocycles. The molecule has 1 heterocycles. The highest BCUT2D eigenvalue weighted by atomic mass is 35.5. The molecule has 0 aromatic heterocycles. The molecule has 0 radical (unpaired) electrons. The van der Waals surface area contributed by atoms with Crippen LogP contribution in [0.1, 0.15) is 44.1 Å². The predicted molar refractivity (Wildman–Crippen MR) is 153 cm³/mol. The zero-order valence-corrected chi connectivity index (χ0v) is 24.2. The number of likely N-dealkylation sites (tertiary alicyclic amines) is 1. The summed E-state index contributed by atoms with van der Waals surface area (Å²) in [6, 6.07) is 11.9. The number of thioether (sulfide) groups is 1. The van der Waals surface area contributed by atoms with E-state index in [4.69, 9.17) is 16.3 Å². The molecule has 210 valence electrons. The number of hydrogen-bond donors (Lipinski definition) is 2. The molecule has 4 rings (SSSR count). The molecule has 0 bridgehead atoms. The van der Waals surface area contributed by atoms with Crippen LogP contribution in [0.15, 0.2) is 46.2 Å². The van der Waals surface area contributed by atoms with Crippen molar-refractivity contribution in [1.29, 1.82) is 5.26 Å². The Balaban J connectivity index is 1.43. The maximum atomic E-state index is 13.3. The van der Waals surface area contributed by atoms with Crippen LogP contribution in [0, 0.1) is 17.1 Å². The Hall–Kier alpha value is -2.03. The van der Waals surface area contributed by atoms with Crippen LogP contribution in [0.25, 0.3) is 0 Å². The van der Waals surface area contributed by atoms with Gasteiger partial charge >= 0.3 is 0 Å². The summed E-state index contributed by atoms with van der Waals surface area (Å²) >= 11 is 9.35. The number of benzene rings is 2. The van der Waals surface area contributed by atoms with Gasteiger partial charge in [0.2, 0.25) is 0 Å². The molecule has 2 N–H and O–H groups in total. The second-order valence-corrected chi connectivity index (χ2v) is 12.4. The minimum absolute atomic E-state index is 0.0746. The molecule has 2 aliphatic rings. The minimum Gasteiger partial charge on any atom is -0.379 e. The summed E-state index contributed by atoms with van der Waals surface area (Å²) in [4.78, 5) is 16.6. The molecule has 1 saturated heterocycles. The third kappa shape index (κ3) is 8.01. The molecule has 1 aliphatic carbocycles. The number of ether oxygens (including phenoxy) is 1. The zero-order chi connectivity index (χ0) is 27.8. The van der Waals surface area contributed by atoms with E-state index in [0.29, 0.717) is 65.8 Å². The largest absolute Gasteiger partial charge is 0.379 e. The van der Waals surface area contributed by atoms with Crippen LogP contribution in [-0.2, 0) is 9.53 Å². The van der Waals surface area contributed by atoms with E-state index in [1.54, 1.807) is 43.1 Å². The molecule has 1 unspecified atom stereocenters. The second-order valence-electron chi connectivity index (χ2n) is 9.98. The normalized spacial score (nSPS) is 18.1. The van der Waals surface area contributed by atoms with E-state index in [0.717, 1.165) is 36.1 Å². The number of halogens is 3. The van der Waals surface area contributed by atoms with Crippen LogP contribution >= 0.6 is 35.3 Å². The zero-order valence-electron chi connectivity index (χ0n) is 21.9. The van der Waals surface area contributed by atoms with Gasteiger partial charge in [-0.15, -0.1) is 11.8 Å². The van der Waals surface area contributed by atoms with Crippen molar-refractivity contribution in [1.82, 2.24) is 9.62 Å². The molecule has 1 amide bonds. The molecule has 1 atom stereocenters. The molecular formula is C28H33ClF2N4O2S2. The lowest BCUT2D eigenvalue weighted by atomic mass is 9.84. The maximum Gasteiger partial charge on any atom is 0.262 e. The van der Waals surface area contributed by atoms with Crippen molar-refractivity contribution < 1.29 is 18.3 Å². The van der Waals surface area contributed by atoms with Crippen LogP contribution in [0.5, 0.6) is 0 Å².